The molecular formula is C41H38N4. The maximum Gasteiger partial charge on any atom is 0.164 e. The molecule has 0 aliphatic rings. The summed E-state index contributed by atoms with van der Waals surface area (Å²) in [5, 5.41) is 2.47. The van der Waals surface area contributed by atoms with Gasteiger partial charge in [-0.1, -0.05) is 139 Å². The van der Waals surface area contributed by atoms with Gasteiger partial charge in [0.05, 0.1) is 11.0 Å². The first-order chi connectivity index (χ1) is 21.6. The van der Waals surface area contributed by atoms with Crippen molar-refractivity contribution in [2.75, 3.05) is 0 Å². The van der Waals surface area contributed by atoms with E-state index in [1.165, 1.54) is 32.9 Å². The molecule has 0 fully saturated rings. The summed E-state index contributed by atoms with van der Waals surface area (Å²) in [5.41, 5.74) is 8.97. The van der Waals surface area contributed by atoms with Crippen LogP contribution < -0.4 is 0 Å². The Morgan fingerprint density at radius 1 is 0.422 bits per heavy atom. The minimum atomic E-state index is 0.0655. The van der Waals surface area contributed by atoms with Gasteiger partial charge < -0.3 is 4.57 Å². The first kappa shape index (κ1) is 28.7. The highest BCUT2D eigenvalue weighted by molar-refractivity contribution is 6.09. The Bertz CT molecular complexity index is 2030. The van der Waals surface area contributed by atoms with Crippen molar-refractivity contribution >= 4 is 21.8 Å². The van der Waals surface area contributed by atoms with Crippen LogP contribution in [0.25, 0.3) is 61.7 Å². The maximum absolute atomic E-state index is 5.06. The van der Waals surface area contributed by atoms with Gasteiger partial charge in [0, 0.05) is 33.2 Å². The van der Waals surface area contributed by atoms with E-state index in [1.807, 2.05) is 0 Å². The summed E-state index contributed by atoms with van der Waals surface area (Å²) in [6.07, 6.45) is 0. The van der Waals surface area contributed by atoms with Crippen molar-refractivity contribution in [1.29, 1.82) is 0 Å². The number of aromatic nitrogens is 4. The van der Waals surface area contributed by atoms with Gasteiger partial charge in [0.1, 0.15) is 0 Å². The molecule has 0 N–H and O–H groups in total. The summed E-state index contributed by atoms with van der Waals surface area (Å²) in [6, 6.07) is 42.9. The number of hydrogen-bond donors (Lipinski definition) is 0. The number of fused-ring (bicyclic) bond motifs is 3. The van der Waals surface area contributed by atoms with Gasteiger partial charge in [-0.05, 0) is 46.2 Å². The maximum atomic E-state index is 5.06. The molecule has 0 amide bonds. The fraction of sp³-hybridized carbons (Fsp3) is 0.195. The normalized spacial score (nSPS) is 12.2. The summed E-state index contributed by atoms with van der Waals surface area (Å²) in [5.74, 6) is 1.98. The molecule has 222 valence electrons. The highest BCUT2D eigenvalue weighted by atomic mass is 15.0. The molecule has 7 aromatic rings. The molecule has 4 nitrogen and oxygen atoms in total. The van der Waals surface area contributed by atoms with E-state index in [4.69, 9.17) is 15.0 Å². The lowest BCUT2D eigenvalue weighted by Crippen LogP contribution is -2.10. The van der Waals surface area contributed by atoms with Gasteiger partial charge >= 0.3 is 0 Å². The molecule has 0 saturated carbocycles. The molecule has 0 bridgehead atoms. The fourth-order valence-electron chi connectivity index (χ4n) is 5.99. The third-order valence-corrected chi connectivity index (χ3v) is 8.60. The minimum absolute atomic E-state index is 0.0655. The SMILES string of the molecule is CC(C)(C)c1ccc(-c2nc(-c3ccc(C(C)(C)C)cc3)nc(-c3cccc(-n4c5ccccc5c5ccccc54)c3)n2)cc1. The molecule has 0 radical (unpaired) electrons. The number of benzene rings is 5. The Labute approximate surface area is 265 Å². The van der Waals surface area contributed by atoms with Gasteiger partial charge in [-0.15, -0.1) is 0 Å². The van der Waals surface area contributed by atoms with E-state index in [-0.39, 0.29) is 10.8 Å². The summed E-state index contributed by atoms with van der Waals surface area (Å²) >= 11 is 0. The molecule has 45 heavy (non-hydrogen) atoms. The van der Waals surface area contributed by atoms with Crippen LogP contribution in [0.2, 0.25) is 0 Å². The molecule has 0 spiro atoms. The van der Waals surface area contributed by atoms with E-state index in [0.29, 0.717) is 17.5 Å². The van der Waals surface area contributed by atoms with Crippen LogP contribution >= 0.6 is 0 Å². The highest BCUT2D eigenvalue weighted by Crippen LogP contribution is 2.34. The Morgan fingerprint density at radius 3 is 1.29 bits per heavy atom. The van der Waals surface area contributed by atoms with Crippen molar-refractivity contribution in [2.45, 2.75) is 52.4 Å². The van der Waals surface area contributed by atoms with Gasteiger partial charge in [-0.25, -0.2) is 15.0 Å². The van der Waals surface area contributed by atoms with Gasteiger partial charge in [0.25, 0.3) is 0 Å². The predicted molar refractivity (Wildman–Crippen MR) is 188 cm³/mol. The largest absolute Gasteiger partial charge is 0.309 e. The third kappa shape index (κ3) is 5.42. The molecule has 5 aromatic carbocycles. The van der Waals surface area contributed by atoms with E-state index >= 15 is 0 Å². The first-order valence-electron chi connectivity index (χ1n) is 15.6. The molecule has 4 heteroatoms. The van der Waals surface area contributed by atoms with Gasteiger partial charge in [-0.2, -0.15) is 0 Å². The summed E-state index contributed by atoms with van der Waals surface area (Å²) < 4.78 is 2.33. The van der Waals surface area contributed by atoms with Crippen LogP contribution in [0.5, 0.6) is 0 Å². The number of hydrogen-bond acceptors (Lipinski definition) is 3. The van der Waals surface area contributed by atoms with Crippen LogP contribution in [0.1, 0.15) is 52.7 Å². The molecule has 7 rings (SSSR count). The van der Waals surface area contributed by atoms with E-state index in [1.54, 1.807) is 0 Å². The smallest absolute Gasteiger partial charge is 0.164 e. The molecule has 2 heterocycles. The van der Waals surface area contributed by atoms with Crippen molar-refractivity contribution in [3.8, 4) is 39.9 Å². The molecule has 0 unspecified atom stereocenters. The Balaban J connectivity index is 1.39. The van der Waals surface area contributed by atoms with E-state index in [9.17, 15) is 0 Å². The standard InChI is InChI=1S/C41H38N4/c1-40(2,3)30-22-18-27(19-23-30)37-42-38(28-20-24-31(25-21-28)41(4,5)6)44-39(43-37)29-12-11-13-32(26-29)45-35-16-9-7-14-33(35)34-15-8-10-17-36(34)45/h7-26H,1-6H3. The van der Waals surface area contributed by atoms with Gasteiger partial charge in [0.2, 0.25) is 0 Å². The quantitative estimate of drug-likeness (QED) is 0.206. The zero-order valence-corrected chi connectivity index (χ0v) is 26.8. The van der Waals surface area contributed by atoms with Crippen LogP contribution in [0.3, 0.4) is 0 Å². The highest BCUT2D eigenvalue weighted by Gasteiger charge is 2.18. The molecular weight excluding hydrogens is 548 g/mol. The second-order valence-corrected chi connectivity index (χ2v) is 13.9. The second kappa shape index (κ2) is 10.8. The van der Waals surface area contributed by atoms with E-state index in [2.05, 4.69) is 167 Å². The molecule has 0 aliphatic heterocycles. The van der Waals surface area contributed by atoms with Crippen molar-refractivity contribution in [2.24, 2.45) is 0 Å². The Kier molecular flexibility index (Phi) is 6.89. The molecule has 0 atom stereocenters. The van der Waals surface area contributed by atoms with Crippen LogP contribution in [0.15, 0.2) is 121 Å². The van der Waals surface area contributed by atoms with Crippen LogP contribution in [-0.2, 0) is 10.8 Å². The Morgan fingerprint density at radius 2 is 0.844 bits per heavy atom. The van der Waals surface area contributed by atoms with Crippen LogP contribution in [0.4, 0.5) is 0 Å². The lowest BCUT2D eigenvalue weighted by atomic mass is 9.86. The number of rotatable bonds is 4. The van der Waals surface area contributed by atoms with Gasteiger partial charge in [0.15, 0.2) is 17.5 Å². The Hall–Kier alpha value is -5.09. The summed E-state index contributed by atoms with van der Waals surface area (Å²) in [7, 11) is 0. The summed E-state index contributed by atoms with van der Waals surface area (Å²) in [6.45, 7) is 13.4. The number of para-hydroxylation sites is 2. The van der Waals surface area contributed by atoms with Crippen molar-refractivity contribution < 1.29 is 0 Å². The zero-order valence-electron chi connectivity index (χ0n) is 26.8. The minimum Gasteiger partial charge on any atom is -0.309 e. The topological polar surface area (TPSA) is 43.6 Å². The van der Waals surface area contributed by atoms with E-state index < -0.39 is 0 Å². The lowest BCUT2D eigenvalue weighted by Gasteiger charge is -2.19. The third-order valence-electron chi connectivity index (χ3n) is 8.60. The predicted octanol–water partition coefficient (Wildman–Crippen LogP) is 10.6. The van der Waals surface area contributed by atoms with Crippen LogP contribution in [0, 0.1) is 0 Å². The fourth-order valence-corrected chi connectivity index (χ4v) is 5.99. The summed E-state index contributed by atoms with van der Waals surface area (Å²) in [4.78, 5) is 15.1. The molecule has 2 aromatic heterocycles. The average molecular weight is 587 g/mol. The van der Waals surface area contributed by atoms with Crippen molar-refractivity contribution in [3.63, 3.8) is 0 Å². The van der Waals surface area contributed by atoms with Gasteiger partial charge in [-0.3, -0.25) is 0 Å². The molecule has 0 aliphatic carbocycles. The van der Waals surface area contributed by atoms with Crippen molar-refractivity contribution in [1.82, 2.24) is 19.5 Å². The second-order valence-electron chi connectivity index (χ2n) is 13.9. The lowest BCUT2D eigenvalue weighted by molar-refractivity contribution is 0.590. The van der Waals surface area contributed by atoms with Crippen LogP contribution in [-0.4, -0.2) is 19.5 Å². The van der Waals surface area contributed by atoms with Crippen molar-refractivity contribution in [3.05, 3.63) is 132 Å². The molecule has 0 saturated heterocycles. The van der Waals surface area contributed by atoms with E-state index in [0.717, 1.165) is 22.4 Å². The monoisotopic (exact) mass is 586 g/mol. The number of nitrogens with zero attached hydrogens (tertiary/aromatic N) is 4. The zero-order chi connectivity index (χ0) is 31.3. The average Bonchev–Trinajstić information content (AvgIpc) is 3.38. The first-order valence-corrected chi connectivity index (χ1v) is 15.6.